The number of carbonyl (C=O) groups excluding carboxylic acids is 1. The lowest BCUT2D eigenvalue weighted by atomic mass is 10.1. The molecule has 0 radical (unpaired) electrons. The molecule has 0 aliphatic carbocycles. The Balaban J connectivity index is 1.55. The molecule has 0 aliphatic heterocycles. The Morgan fingerprint density at radius 2 is 2.04 bits per heavy atom. The summed E-state index contributed by atoms with van der Waals surface area (Å²) in [5.74, 6) is -0.129. The van der Waals surface area contributed by atoms with Crippen LogP contribution in [0.3, 0.4) is 0 Å². The number of para-hydroxylation sites is 1. The number of aryl methyl sites for hydroxylation is 1. The second kappa shape index (κ2) is 7.06. The number of carbonyl (C=O) groups is 1. The van der Waals surface area contributed by atoms with E-state index < -0.39 is 0 Å². The average molecular weight is 359 g/mol. The van der Waals surface area contributed by atoms with E-state index in [1.807, 2.05) is 54.9 Å². The minimum Gasteiger partial charge on any atom is -0.348 e. The van der Waals surface area contributed by atoms with Crippen LogP contribution >= 0.6 is 11.3 Å². The second-order valence-corrected chi connectivity index (χ2v) is 7.02. The average Bonchev–Trinajstić information content (AvgIpc) is 3.20. The van der Waals surface area contributed by atoms with Crippen LogP contribution in [0.5, 0.6) is 0 Å². The lowest BCUT2D eigenvalue weighted by Gasteiger charge is -2.09. The molecule has 0 atom stereocenters. The molecule has 0 unspecified atom stereocenters. The number of hydrogen-bond acceptors (Lipinski definition) is 4. The van der Waals surface area contributed by atoms with Crippen LogP contribution in [0, 0.1) is 6.92 Å². The molecule has 0 spiro atoms. The van der Waals surface area contributed by atoms with Crippen LogP contribution in [0.4, 0.5) is 0 Å². The van der Waals surface area contributed by atoms with E-state index in [-0.39, 0.29) is 5.91 Å². The van der Waals surface area contributed by atoms with Gasteiger partial charge in [-0.3, -0.25) is 14.8 Å². The highest BCUT2D eigenvalue weighted by atomic mass is 32.1. The maximum Gasteiger partial charge on any atom is 0.253 e. The summed E-state index contributed by atoms with van der Waals surface area (Å²) in [5.41, 5.74) is 4.25. The summed E-state index contributed by atoms with van der Waals surface area (Å²) in [6.45, 7) is 2.35. The van der Waals surface area contributed by atoms with Crippen molar-refractivity contribution >= 4 is 28.1 Å². The molecule has 0 saturated carbocycles. The van der Waals surface area contributed by atoms with E-state index in [0.717, 1.165) is 27.7 Å². The Bertz CT molecular complexity index is 1070. The van der Waals surface area contributed by atoms with Crippen LogP contribution in [0.1, 0.15) is 21.6 Å². The van der Waals surface area contributed by atoms with Gasteiger partial charge < -0.3 is 5.32 Å². The number of rotatable bonds is 4. The first-order chi connectivity index (χ1) is 12.7. The normalized spacial score (nSPS) is 10.8. The highest BCUT2D eigenvalue weighted by Gasteiger charge is 2.11. The van der Waals surface area contributed by atoms with Crippen molar-refractivity contribution in [3.63, 3.8) is 0 Å². The lowest BCUT2D eigenvalue weighted by molar-refractivity contribution is 0.0952. The van der Waals surface area contributed by atoms with E-state index in [1.165, 1.54) is 4.88 Å². The van der Waals surface area contributed by atoms with Gasteiger partial charge in [0.1, 0.15) is 0 Å². The predicted molar refractivity (Wildman–Crippen MR) is 105 cm³/mol. The van der Waals surface area contributed by atoms with Gasteiger partial charge in [0.05, 0.1) is 11.1 Å². The first kappa shape index (κ1) is 16.4. The van der Waals surface area contributed by atoms with Gasteiger partial charge >= 0.3 is 0 Å². The number of nitrogens with one attached hydrogen (secondary N) is 1. The van der Waals surface area contributed by atoms with E-state index in [9.17, 15) is 4.79 Å². The van der Waals surface area contributed by atoms with Crippen molar-refractivity contribution < 1.29 is 4.79 Å². The Kier molecular flexibility index (Phi) is 4.46. The van der Waals surface area contributed by atoms with E-state index in [0.29, 0.717) is 12.1 Å². The third-order valence-corrected chi connectivity index (χ3v) is 5.08. The monoisotopic (exact) mass is 359 g/mol. The molecule has 26 heavy (non-hydrogen) atoms. The largest absolute Gasteiger partial charge is 0.348 e. The molecule has 4 nitrogen and oxygen atoms in total. The molecule has 0 aliphatic rings. The van der Waals surface area contributed by atoms with Gasteiger partial charge in [-0.15, -0.1) is 11.3 Å². The fourth-order valence-electron chi connectivity index (χ4n) is 2.87. The van der Waals surface area contributed by atoms with Gasteiger partial charge in [-0.05, 0) is 42.1 Å². The molecule has 5 heteroatoms. The first-order valence-electron chi connectivity index (χ1n) is 8.33. The second-order valence-electron chi connectivity index (χ2n) is 6.07. The molecule has 4 aromatic rings. The van der Waals surface area contributed by atoms with Crippen LogP contribution in [-0.2, 0) is 6.54 Å². The molecular weight excluding hydrogens is 342 g/mol. The first-order valence-corrected chi connectivity index (χ1v) is 9.21. The van der Waals surface area contributed by atoms with Gasteiger partial charge in [0.15, 0.2) is 0 Å². The fourth-order valence-corrected chi connectivity index (χ4v) is 3.58. The number of amides is 1. The van der Waals surface area contributed by atoms with Crippen molar-refractivity contribution in [2.24, 2.45) is 0 Å². The Morgan fingerprint density at radius 3 is 2.88 bits per heavy atom. The molecule has 4 rings (SSSR count). The van der Waals surface area contributed by atoms with Crippen molar-refractivity contribution in [2.45, 2.75) is 13.5 Å². The van der Waals surface area contributed by atoms with Crippen molar-refractivity contribution in [2.75, 3.05) is 0 Å². The summed E-state index contributed by atoms with van der Waals surface area (Å²) in [4.78, 5) is 22.7. The van der Waals surface area contributed by atoms with Crippen LogP contribution in [0.15, 0.2) is 66.3 Å². The van der Waals surface area contributed by atoms with Crippen molar-refractivity contribution in [3.8, 4) is 10.4 Å². The van der Waals surface area contributed by atoms with Crippen LogP contribution < -0.4 is 5.32 Å². The topological polar surface area (TPSA) is 54.9 Å². The van der Waals surface area contributed by atoms with E-state index in [2.05, 4.69) is 27.4 Å². The highest BCUT2D eigenvalue weighted by Crippen LogP contribution is 2.24. The van der Waals surface area contributed by atoms with Crippen molar-refractivity contribution in [1.29, 1.82) is 0 Å². The van der Waals surface area contributed by atoms with Gasteiger partial charge in [-0.1, -0.05) is 24.3 Å². The third kappa shape index (κ3) is 3.34. The standard InChI is InChI=1S/C21H17N3OS/c1-14-7-8-16-4-2-5-18(20(16)24-14)21(25)23-12-15-10-17(13-22-11-15)19-6-3-9-26-19/h2-11,13H,12H2,1H3,(H,23,25). The van der Waals surface area contributed by atoms with Gasteiger partial charge in [-0.2, -0.15) is 0 Å². The molecule has 0 fully saturated rings. The molecular formula is C21H17N3OS. The summed E-state index contributed by atoms with van der Waals surface area (Å²) >= 11 is 1.67. The minimum absolute atomic E-state index is 0.129. The van der Waals surface area contributed by atoms with Crippen LogP contribution in [0.2, 0.25) is 0 Å². The van der Waals surface area contributed by atoms with Gasteiger partial charge in [-0.25, -0.2) is 0 Å². The lowest BCUT2D eigenvalue weighted by Crippen LogP contribution is -2.23. The van der Waals surface area contributed by atoms with E-state index in [1.54, 1.807) is 17.5 Å². The summed E-state index contributed by atoms with van der Waals surface area (Å²) in [6.07, 6.45) is 3.62. The zero-order valence-electron chi connectivity index (χ0n) is 14.3. The summed E-state index contributed by atoms with van der Waals surface area (Å²) in [7, 11) is 0. The van der Waals surface area contributed by atoms with E-state index in [4.69, 9.17) is 0 Å². The summed E-state index contributed by atoms with van der Waals surface area (Å²) in [6, 6.07) is 15.7. The highest BCUT2D eigenvalue weighted by molar-refractivity contribution is 7.13. The van der Waals surface area contributed by atoms with Crippen molar-refractivity contribution in [3.05, 3.63) is 83.1 Å². The maximum atomic E-state index is 12.7. The molecule has 1 aromatic carbocycles. The third-order valence-electron chi connectivity index (χ3n) is 4.16. The molecule has 0 bridgehead atoms. The zero-order chi connectivity index (χ0) is 17.9. The number of fused-ring (bicyclic) bond motifs is 1. The predicted octanol–water partition coefficient (Wildman–Crippen LogP) is 4.60. The SMILES string of the molecule is Cc1ccc2cccc(C(=O)NCc3cncc(-c4cccs4)c3)c2n1. The molecule has 3 heterocycles. The smallest absolute Gasteiger partial charge is 0.253 e. The van der Waals surface area contributed by atoms with E-state index >= 15 is 0 Å². The van der Waals surface area contributed by atoms with Crippen molar-refractivity contribution in [1.82, 2.24) is 15.3 Å². The number of pyridine rings is 2. The number of thiophene rings is 1. The molecule has 1 amide bonds. The van der Waals surface area contributed by atoms with Gasteiger partial charge in [0.2, 0.25) is 0 Å². The van der Waals surface area contributed by atoms with Crippen LogP contribution in [0.25, 0.3) is 21.3 Å². The Hall–Kier alpha value is -3.05. The number of benzene rings is 1. The summed E-state index contributed by atoms with van der Waals surface area (Å²) < 4.78 is 0. The minimum atomic E-state index is -0.129. The quantitative estimate of drug-likeness (QED) is 0.579. The molecule has 128 valence electrons. The molecule has 0 saturated heterocycles. The number of nitrogens with zero attached hydrogens (tertiary/aromatic N) is 2. The maximum absolute atomic E-state index is 12.7. The zero-order valence-corrected chi connectivity index (χ0v) is 15.1. The van der Waals surface area contributed by atoms with Crippen LogP contribution in [-0.4, -0.2) is 15.9 Å². The molecule has 3 aromatic heterocycles. The number of aromatic nitrogens is 2. The Labute approximate surface area is 155 Å². The van der Waals surface area contributed by atoms with Gasteiger partial charge in [0, 0.05) is 40.5 Å². The van der Waals surface area contributed by atoms with Gasteiger partial charge in [0.25, 0.3) is 5.91 Å². The fraction of sp³-hybridized carbons (Fsp3) is 0.0952. The summed E-state index contributed by atoms with van der Waals surface area (Å²) in [5, 5.41) is 5.99. The number of hydrogen-bond donors (Lipinski definition) is 1. The molecule has 1 N–H and O–H groups in total. The Morgan fingerprint density at radius 1 is 1.12 bits per heavy atom.